The Bertz CT molecular complexity index is 654. The maximum absolute atomic E-state index is 12.7. The Kier molecular flexibility index (Phi) is 5.00. The summed E-state index contributed by atoms with van der Waals surface area (Å²) in [6.45, 7) is 5.27. The summed E-state index contributed by atoms with van der Waals surface area (Å²) in [5.41, 5.74) is 1.15. The topological polar surface area (TPSA) is 61.9 Å². The minimum absolute atomic E-state index is 0.124. The van der Waals surface area contributed by atoms with Gasteiger partial charge in [-0.05, 0) is 32.3 Å². The van der Waals surface area contributed by atoms with Crippen molar-refractivity contribution in [1.29, 1.82) is 0 Å². The van der Waals surface area contributed by atoms with E-state index in [1.165, 1.54) is 24.6 Å². The Morgan fingerprint density at radius 1 is 1.39 bits per heavy atom. The number of hydrogen-bond acceptors (Lipinski definition) is 4. The van der Waals surface area contributed by atoms with Crippen molar-refractivity contribution < 1.29 is 4.79 Å². The Hall–Kier alpha value is -1.82. The van der Waals surface area contributed by atoms with E-state index in [1.807, 2.05) is 49.1 Å². The molecule has 5 nitrogen and oxygen atoms in total. The molecule has 1 aliphatic rings. The molecule has 1 amide bonds. The number of benzene rings is 1. The standard InChI is InChI=1S/C17H22N4OS/c1-3-21(11-13-7-5-4-6-8-13)16(22)12(2)23-17-18-15(19-20-17)14-9-10-14/h4-8,12,14H,3,9-11H2,1-2H3,(H,18,19,20)/t12-/m0/s1. The van der Waals surface area contributed by atoms with E-state index in [0.717, 1.165) is 11.4 Å². The summed E-state index contributed by atoms with van der Waals surface area (Å²) >= 11 is 1.43. The molecule has 0 saturated heterocycles. The van der Waals surface area contributed by atoms with Gasteiger partial charge in [0, 0.05) is 19.0 Å². The average molecular weight is 330 g/mol. The van der Waals surface area contributed by atoms with E-state index in [1.54, 1.807) is 0 Å². The molecule has 0 unspecified atom stereocenters. The molecular formula is C17H22N4OS. The molecule has 23 heavy (non-hydrogen) atoms. The van der Waals surface area contributed by atoms with E-state index in [4.69, 9.17) is 0 Å². The third kappa shape index (κ3) is 4.13. The molecule has 1 aliphatic carbocycles. The molecular weight excluding hydrogens is 308 g/mol. The Morgan fingerprint density at radius 3 is 2.78 bits per heavy atom. The first-order chi connectivity index (χ1) is 11.2. The Balaban J connectivity index is 1.59. The van der Waals surface area contributed by atoms with E-state index in [0.29, 0.717) is 24.2 Å². The van der Waals surface area contributed by atoms with Crippen LogP contribution in [0.1, 0.15) is 44.0 Å². The average Bonchev–Trinajstić information content (AvgIpc) is 3.33. The van der Waals surface area contributed by atoms with Crippen LogP contribution in [0, 0.1) is 0 Å². The zero-order valence-corrected chi connectivity index (χ0v) is 14.3. The van der Waals surface area contributed by atoms with Gasteiger partial charge in [0.05, 0.1) is 5.25 Å². The summed E-state index contributed by atoms with van der Waals surface area (Å²) in [6, 6.07) is 10.1. The molecule has 122 valence electrons. The summed E-state index contributed by atoms with van der Waals surface area (Å²) in [4.78, 5) is 19.0. The molecule has 2 aromatic rings. The molecule has 0 spiro atoms. The third-order valence-corrected chi connectivity index (χ3v) is 4.93. The first kappa shape index (κ1) is 16.1. The molecule has 1 aromatic heterocycles. The van der Waals surface area contributed by atoms with E-state index in [9.17, 15) is 4.79 Å². The number of hydrogen-bond donors (Lipinski definition) is 1. The fourth-order valence-electron chi connectivity index (χ4n) is 2.47. The maximum atomic E-state index is 12.7. The van der Waals surface area contributed by atoms with E-state index in [2.05, 4.69) is 15.2 Å². The van der Waals surface area contributed by atoms with Gasteiger partial charge in [0.1, 0.15) is 5.82 Å². The number of thioether (sulfide) groups is 1. The normalized spacial score (nSPS) is 15.4. The molecule has 1 atom stereocenters. The van der Waals surface area contributed by atoms with Crippen LogP contribution >= 0.6 is 11.8 Å². The fraction of sp³-hybridized carbons (Fsp3) is 0.471. The lowest BCUT2D eigenvalue weighted by Gasteiger charge is -2.23. The van der Waals surface area contributed by atoms with Crippen LogP contribution in [-0.2, 0) is 11.3 Å². The van der Waals surface area contributed by atoms with Gasteiger partial charge in [0.25, 0.3) is 0 Å². The highest BCUT2D eigenvalue weighted by atomic mass is 32.2. The first-order valence-corrected chi connectivity index (χ1v) is 8.97. The third-order valence-electron chi connectivity index (χ3n) is 3.99. The van der Waals surface area contributed by atoms with E-state index < -0.39 is 0 Å². The maximum Gasteiger partial charge on any atom is 0.236 e. The van der Waals surface area contributed by atoms with Crippen molar-refractivity contribution >= 4 is 17.7 Å². The van der Waals surface area contributed by atoms with Gasteiger partial charge in [-0.1, -0.05) is 42.1 Å². The number of nitrogens with zero attached hydrogens (tertiary/aromatic N) is 3. The predicted molar refractivity (Wildman–Crippen MR) is 91.2 cm³/mol. The van der Waals surface area contributed by atoms with Crippen LogP contribution in [0.25, 0.3) is 0 Å². The minimum atomic E-state index is -0.193. The van der Waals surface area contributed by atoms with Gasteiger partial charge < -0.3 is 4.90 Å². The number of H-pyrrole nitrogens is 1. The van der Waals surface area contributed by atoms with E-state index >= 15 is 0 Å². The monoisotopic (exact) mass is 330 g/mol. The van der Waals surface area contributed by atoms with Crippen LogP contribution in [-0.4, -0.2) is 37.8 Å². The second-order valence-electron chi connectivity index (χ2n) is 5.88. The lowest BCUT2D eigenvalue weighted by Crippen LogP contribution is -2.36. The van der Waals surface area contributed by atoms with Crippen LogP contribution in [0.15, 0.2) is 35.5 Å². The second-order valence-corrected chi connectivity index (χ2v) is 7.18. The Morgan fingerprint density at radius 2 is 2.13 bits per heavy atom. The molecule has 1 N–H and O–H groups in total. The molecule has 1 heterocycles. The Labute approximate surface area is 140 Å². The van der Waals surface area contributed by atoms with E-state index in [-0.39, 0.29) is 11.2 Å². The van der Waals surface area contributed by atoms with Crippen LogP contribution in [0.2, 0.25) is 0 Å². The van der Waals surface area contributed by atoms with Gasteiger partial charge >= 0.3 is 0 Å². The molecule has 6 heteroatoms. The summed E-state index contributed by atoms with van der Waals surface area (Å²) in [5.74, 6) is 1.64. The van der Waals surface area contributed by atoms with Crippen LogP contribution in [0.5, 0.6) is 0 Å². The van der Waals surface area contributed by atoms with Crippen LogP contribution < -0.4 is 0 Å². The van der Waals surface area contributed by atoms with Crippen LogP contribution in [0.4, 0.5) is 0 Å². The quantitative estimate of drug-likeness (QED) is 0.792. The summed E-state index contributed by atoms with van der Waals surface area (Å²) in [7, 11) is 0. The molecule has 0 aliphatic heterocycles. The molecule has 1 fully saturated rings. The molecule has 0 radical (unpaired) electrons. The SMILES string of the molecule is CCN(Cc1ccccc1)C(=O)[C@H](C)Sc1n[nH]c(C2CC2)n1. The van der Waals surface area contributed by atoms with Gasteiger partial charge in [-0.25, -0.2) is 4.98 Å². The zero-order valence-electron chi connectivity index (χ0n) is 13.5. The van der Waals surface area contributed by atoms with Gasteiger partial charge in [0.2, 0.25) is 11.1 Å². The highest BCUT2D eigenvalue weighted by Crippen LogP contribution is 2.38. The zero-order chi connectivity index (χ0) is 16.2. The molecule has 1 aromatic carbocycles. The van der Waals surface area contributed by atoms with Crippen LogP contribution in [0.3, 0.4) is 0 Å². The second kappa shape index (κ2) is 7.17. The van der Waals surface area contributed by atoms with Crippen molar-refractivity contribution in [3.05, 3.63) is 41.7 Å². The first-order valence-electron chi connectivity index (χ1n) is 8.09. The van der Waals surface area contributed by atoms with Crippen molar-refractivity contribution in [2.45, 2.75) is 49.6 Å². The van der Waals surface area contributed by atoms with Crippen molar-refractivity contribution in [2.75, 3.05) is 6.54 Å². The van der Waals surface area contributed by atoms with Crippen molar-refractivity contribution in [1.82, 2.24) is 20.1 Å². The summed E-state index contributed by atoms with van der Waals surface area (Å²) in [5, 5.41) is 7.69. The lowest BCUT2D eigenvalue weighted by atomic mass is 10.2. The number of carbonyl (C=O) groups excluding carboxylic acids is 1. The largest absolute Gasteiger partial charge is 0.338 e. The molecule has 1 saturated carbocycles. The number of amides is 1. The predicted octanol–water partition coefficient (Wildman–Crippen LogP) is 3.21. The van der Waals surface area contributed by atoms with Crippen molar-refractivity contribution in [2.24, 2.45) is 0 Å². The number of carbonyl (C=O) groups is 1. The summed E-state index contributed by atoms with van der Waals surface area (Å²) < 4.78 is 0. The number of aromatic amines is 1. The van der Waals surface area contributed by atoms with Gasteiger partial charge in [-0.2, -0.15) is 0 Å². The van der Waals surface area contributed by atoms with Gasteiger partial charge in [-0.3, -0.25) is 9.89 Å². The number of nitrogens with one attached hydrogen (secondary N) is 1. The summed E-state index contributed by atoms with van der Waals surface area (Å²) in [6.07, 6.45) is 2.38. The fourth-order valence-corrected chi connectivity index (χ4v) is 3.28. The molecule has 3 rings (SSSR count). The van der Waals surface area contributed by atoms with Gasteiger partial charge in [-0.15, -0.1) is 5.10 Å². The number of rotatable bonds is 7. The van der Waals surface area contributed by atoms with Crippen molar-refractivity contribution in [3.63, 3.8) is 0 Å². The number of aromatic nitrogens is 3. The van der Waals surface area contributed by atoms with Gasteiger partial charge in [0.15, 0.2) is 0 Å². The molecule has 0 bridgehead atoms. The minimum Gasteiger partial charge on any atom is -0.338 e. The highest BCUT2D eigenvalue weighted by molar-refractivity contribution is 8.00. The highest BCUT2D eigenvalue weighted by Gasteiger charge is 2.28. The smallest absolute Gasteiger partial charge is 0.236 e. The van der Waals surface area contributed by atoms with Crippen molar-refractivity contribution in [3.8, 4) is 0 Å². The lowest BCUT2D eigenvalue weighted by molar-refractivity contribution is -0.130.